The standard InChI is InChI=1S/C18H10FNO5S2/c19-12-3-1-9(2-4-12)5-14-15(21)20(18(26)27-14)13-7-10(16(22)23)6-11(8-13)17(24)25/h1-8H,(H,22,23)(H,24,25)/b14-5+. The predicted octanol–water partition coefficient (Wildman–Crippen LogP) is 3.63. The lowest BCUT2D eigenvalue weighted by Gasteiger charge is -2.16. The monoisotopic (exact) mass is 403 g/mol. The summed E-state index contributed by atoms with van der Waals surface area (Å²) in [5.74, 6) is -3.59. The van der Waals surface area contributed by atoms with Crippen molar-refractivity contribution in [1.29, 1.82) is 0 Å². The molecule has 1 heterocycles. The smallest absolute Gasteiger partial charge is 0.335 e. The summed E-state index contributed by atoms with van der Waals surface area (Å²) in [7, 11) is 0. The normalized spacial score (nSPS) is 15.4. The summed E-state index contributed by atoms with van der Waals surface area (Å²) in [5, 5.41) is 18.4. The van der Waals surface area contributed by atoms with Crippen molar-refractivity contribution in [2.24, 2.45) is 0 Å². The second-order valence-electron chi connectivity index (χ2n) is 5.45. The number of carbonyl (C=O) groups is 3. The molecule has 6 nitrogen and oxygen atoms in total. The SMILES string of the molecule is O=C(O)c1cc(C(=O)O)cc(N2C(=O)/C(=C\c3ccc(F)cc3)SC2=S)c1. The molecule has 0 atom stereocenters. The van der Waals surface area contributed by atoms with E-state index in [0.717, 1.165) is 22.7 Å². The number of hydrogen-bond donors (Lipinski definition) is 2. The van der Waals surface area contributed by atoms with Gasteiger partial charge >= 0.3 is 11.9 Å². The summed E-state index contributed by atoms with van der Waals surface area (Å²) < 4.78 is 13.1. The molecule has 27 heavy (non-hydrogen) atoms. The fourth-order valence-electron chi connectivity index (χ4n) is 2.39. The van der Waals surface area contributed by atoms with E-state index in [4.69, 9.17) is 12.2 Å². The first-order valence-electron chi connectivity index (χ1n) is 7.41. The fourth-order valence-corrected chi connectivity index (χ4v) is 3.69. The van der Waals surface area contributed by atoms with Gasteiger partial charge in [0.1, 0.15) is 5.82 Å². The van der Waals surface area contributed by atoms with Crippen molar-refractivity contribution >= 4 is 57.9 Å². The quantitative estimate of drug-likeness (QED) is 0.595. The highest BCUT2D eigenvalue weighted by Crippen LogP contribution is 2.36. The van der Waals surface area contributed by atoms with Crippen molar-refractivity contribution in [3.63, 3.8) is 0 Å². The highest BCUT2D eigenvalue weighted by molar-refractivity contribution is 8.27. The minimum atomic E-state index is -1.33. The lowest BCUT2D eigenvalue weighted by Crippen LogP contribution is -2.28. The van der Waals surface area contributed by atoms with E-state index in [9.17, 15) is 29.0 Å². The largest absolute Gasteiger partial charge is 0.478 e. The molecule has 1 aliphatic rings. The van der Waals surface area contributed by atoms with Crippen LogP contribution in [0.3, 0.4) is 0 Å². The molecule has 0 aliphatic carbocycles. The number of carboxylic acids is 2. The Kier molecular flexibility index (Phi) is 5.06. The van der Waals surface area contributed by atoms with Gasteiger partial charge in [0, 0.05) is 0 Å². The van der Waals surface area contributed by atoms with E-state index in [1.165, 1.54) is 42.5 Å². The summed E-state index contributed by atoms with van der Waals surface area (Å²) in [4.78, 5) is 36.6. The molecule has 0 spiro atoms. The summed E-state index contributed by atoms with van der Waals surface area (Å²) in [6.45, 7) is 0. The van der Waals surface area contributed by atoms with Crippen molar-refractivity contribution in [3.8, 4) is 0 Å². The lowest BCUT2D eigenvalue weighted by atomic mass is 10.1. The van der Waals surface area contributed by atoms with Crippen LogP contribution in [0.15, 0.2) is 47.4 Å². The number of thiocarbonyl (C=S) groups is 1. The number of anilines is 1. The average molecular weight is 403 g/mol. The molecule has 136 valence electrons. The van der Waals surface area contributed by atoms with Gasteiger partial charge in [0.2, 0.25) is 0 Å². The van der Waals surface area contributed by atoms with Crippen LogP contribution in [-0.4, -0.2) is 32.4 Å². The molecule has 0 unspecified atom stereocenters. The predicted molar refractivity (Wildman–Crippen MR) is 102 cm³/mol. The van der Waals surface area contributed by atoms with Gasteiger partial charge in [0.25, 0.3) is 5.91 Å². The van der Waals surface area contributed by atoms with Crippen molar-refractivity contribution in [2.45, 2.75) is 0 Å². The van der Waals surface area contributed by atoms with Crippen molar-refractivity contribution in [3.05, 3.63) is 69.9 Å². The third kappa shape index (κ3) is 3.88. The molecule has 2 aromatic rings. The maximum Gasteiger partial charge on any atom is 0.335 e. The van der Waals surface area contributed by atoms with Crippen LogP contribution < -0.4 is 4.90 Å². The zero-order valence-electron chi connectivity index (χ0n) is 13.4. The van der Waals surface area contributed by atoms with E-state index in [0.29, 0.717) is 5.56 Å². The summed E-state index contributed by atoms with van der Waals surface area (Å²) in [6, 6.07) is 8.86. The van der Waals surface area contributed by atoms with Gasteiger partial charge in [0.15, 0.2) is 4.32 Å². The van der Waals surface area contributed by atoms with Crippen LogP contribution in [0.25, 0.3) is 6.08 Å². The highest BCUT2D eigenvalue weighted by atomic mass is 32.2. The molecule has 3 rings (SSSR count). The molecule has 0 aromatic heterocycles. The number of amides is 1. The Morgan fingerprint density at radius 2 is 1.59 bits per heavy atom. The number of rotatable bonds is 4. The van der Waals surface area contributed by atoms with Crippen LogP contribution >= 0.6 is 24.0 Å². The second kappa shape index (κ2) is 7.29. The van der Waals surface area contributed by atoms with Crippen molar-refractivity contribution in [2.75, 3.05) is 4.90 Å². The number of hydrogen-bond acceptors (Lipinski definition) is 5. The zero-order valence-corrected chi connectivity index (χ0v) is 15.0. The molecular weight excluding hydrogens is 393 g/mol. The minimum Gasteiger partial charge on any atom is -0.478 e. The number of nitrogens with zero attached hydrogens (tertiary/aromatic N) is 1. The van der Waals surface area contributed by atoms with E-state index in [1.807, 2.05) is 0 Å². The Morgan fingerprint density at radius 1 is 1.04 bits per heavy atom. The highest BCUT2D eigenvalue weighted by Gasteiger charge is 2.34. The van der Waals surface area contributed by atoms with Gasteiger partial charge in [-0.3, -0.25) is 9.69 Å². The molecule has 2 aromatic carbocycles. The fraction of sp³-hybridized carbons (Fsp3) is 0. The second-order valence-corrected chi connectivity index (χ2v) is 7.12. The molecule has 1 aliphatic heterocycles. The van der Waals surface area contributed by atoms with E-state index in [1.54, 1.807) is 0 Å². The van der Waals surface area contributed by atoms with Crippen LogP contribution in [0, 0.1) is 5.82 Å². The third-order valence-corrected chi connectivity index (χ3v) is 4.93. The van der Waals surface area contributed by atoms with E-state index in [2.05, 4.69) is 0 Å². The molecule has 1 saturated heterocycles. The summed E-state index contributed by atoms with van der Waals surface area (Å²) in [6.07, 6.45) is 1.53. The molecule has 0 saturated carbocycles. The van der Waals surface area contributed by atoms with Crippen LogP contribution in [0.2, 0.25) is 0 Å². The molecular formula is C18H10FNO5S2. The van der Waals surface area contributed by atoms with Crippen LogP contribution in [0.1, 0.15) is 26.3 Å². The molecule has 1 amide bonds. The number of carboxylic acid groups (broad SMARTS) is 2. The topological polar surface area (TPSA) is 94.9 Å². The number of aromatic carboxylic acids is 2. The number of benzene rings is 2. The first-order chi connectivity index (χ1) is 12.8. The Balaban J connectivity index is 2.01. The van der Waals surface area contributed by atoms with Gasteiger partial charge in [-0.2, -0.15) is 0 Å². The maximum atomic E-state index is 13.0. The van der Waals surface area contributed by atoms with E-state index >= 15 is 0 Å². The first kappa shape index (κ1) is 18.7. The Labute approximate surface area is 161 Å². The van der Waals surface area contributed by atoms with E-state index in [-0.39, 0.29) is 26.0 Å². The van der Waals surface area contributed by atoms with Gasteiger partial charge in [-0.05, 0) is 42.0 Å². The first-order valence-corrected chi connectivity index (χ1v) is 8.64. The molecule has 0 radical (unpaired) electrons. The summed E-state index contributed by atoms with van der Waals surface area (Å²) >= 11 is 6.19. The van der Waals surface area contributed by atoms with Crippen LogP contribution in [0.4, 0.5) is 10.1 Å². The Hall–Kier alpha value is -3.04. The van der Waals surface area contributed by atoms with Gasteiger partial charge in [0.05, 0.1) is 21.7 Å². The Morgan fingerprint density at radius 3 is 2.11 bits per heavy atom. The number of carbonyl (C=O) groups excluding carboxylic acids is 1. The van der Waals surface area contributed by atoms with Crippen LogP contribution in [0.5, 0.6) is 0 Å². The molecule has 1 fully saturated rings. The van der Waals surface area contributed by atoms with Crippen LogP contribution in [-0.2, 0) is 4.79 Å². The van der Waals surface area contributed by atoms with Gasteiger partial charge in [-0.25, -0.2) is 14.0 Å². The number of thioether (sulfide) groups is 1. The zero-order chi connectivity index (χ0) is 19.7. The third-order valence-electron chi connectivity index (χ3n) is 3.63. The number of halogens is 1. The maximum absolute atomic E-state index is 13.0. The Bertz CT molecular complexity index is 985. The van der Waals surface area contributed by atoms with Crippen molar-refractivity contribution < 1.29 is 29.0 Å². The molecule has 2 N–H and O–H groups in total. The lowest BCUT2D eigenvalue weighted by molar-refractivity contribution is -0.113. The minimum absolute atomic E-state index is 0.0531. The van der Waals surface area contributed by atoms with Crippen molar-refractivity contribution in [1.82, 2.24) is 0 Å². The summed E-state index contributed by atoms with van der Waals surface area (Å²) in [5.41, 5.74) is 0.0858. The van der Waals surface area contributed by atoms with Gasteiger partial charge < -0.3 is 10.2 Å². The van der Waals surface area contributed by atoms with Gasteiger partial charge in [-0.15, -0.1) is 0 Å². The van der Waals surface area contributed by atoms with Gasteiger partial charge in [-0.1, -0.05) is 36.1 Å². The average Bonchev–Trinajstić information content (AvgIpc) is 2.90. The van der Waals surface area contributed by atoms with E-state index < -0.39 is 23.7 Å². The molecule has 9 heteroatoms. The molecule has 0 bridgehead atoms.